The molecule has 4 rings (SSSR count). The third-order valence-electron chi connectivity index (χ3n) is 5.98. The lowest BCUT2D eigenvalue weighted by atomic mass is 9.74. The predicted octanol–water partition coefficient (Wildman–Crippen LogP) is 2.64. The number of hydrogen-bond donors (Lipinski definition) is 1. The Morgan fingerprint density at radius 3 is 2.65 bits per heavy atom. The van der Waals surface area contributed by atoms with Gasteiger partial charge in [-0.25, -0.2) is 13.1 Å². The molecule has 26 heavy (non-hydrogen) atoms. The smallest absolute Gasteiger partial charge is 0.214 e. The Morgan fingerprint density at radius 1 is 1.23 bits per heavy atom. The lowest BCUT2D eigenvalue weighted by molar-refractivity contribution is 0.135. The zero-order valence-electron chi connectivity index (χ0n) is 15.8. The molecule has 7 heteroatoms. The lowest BCUT2D eigenvalue weighted by Crippen LogP contribution is -2.55. The molecule has 144 valence electrons. The molecule has 0 spiro atoms. The van der Waals surface area contributed by atoms with Gasteiger partial charge in [-0.15, -0.1) is 12.4 Å². The summed E-state index contributed by atoms with van der Waals surface area (Å²) in [5.41, 5.74) is 4.07. The van der Waals surface area contributed by atoms with Gasteiger partial charge in [0, 0.05) is 48.7 Å². The Morgan fingerprint density at radius 2 is 1.96 bits per heavy atom. The topological polar surface area (TPSA) is 54.3 Å². The standard InChI is InChI=1S/C19H27N3O2S.ClH/c1-12(2)25(23,24)20-14-9-16-15-6-5-7-17-19(15)13(10-21(17)3)8-18(16)22(4)11-14;/h5-7,10,12,14,16,18,20H,8-9,11H2,1-4H3;1H/t14-,16+,18+;/m0./s1. The fourth-order valence-electron chi connectivity index (χ4n) is 4.67. The molecule has 2 heterocycles. The fraction of sp³-hybridized carbons (Fsp3) is 0.579. The monoisotopic (exact) mass is 397 g/mol. The molecule has 1 saturated heterocycles. The highest BCUT2D eigenvalue weighted by molar-refractivity contribution is 7.90. The maximum absolute atomic E-state index is 12.3. The third kappa shape index (κ3) is 3.07. The molecule has 1 N–H and O–H groups in total. The van der Waals surface area contributed by atoms with E-state index in [9.17, 15) is 8.42 Å². The number of sulfonamides is 1. The number of nitrogens with one attached hydrogen (secondary N) is 1. The normalized spacial score (nSPS) is 26.0. The van der Waals surface area contributed by atoms with Crippen molar-refractivity contribution in [3.63, 3.8) is 0 Å². The van der Waals surface area contributed by atoms with Crippen molar-refractivity contribution in [2.45, 2.75) is 49.9 Å². The van der Waals surface area contributed by atoms with Gasteiger partial charge in [0.15, 0.2) is 0 Å². The minimum Gasteiger partial charge on any atom is -0.350 e. The number of aromatic nitrogens is 1. The average Bonchev–Trinajstić information content (AvgIpc) is 2.86. The Labute approximate surface area is 162 Å². The quantitative estimate of drug-likeness (QED) is 0.866. The van der Waals surface area contributed by atoms with Gasteiger partial charge in [-0.1, -0.05) is 12.1 Å². The number of rotatable bonds is 3. The van der Waals surface area contributed by atoms with Crippen molar-refractivity contribution in [3.05, 3.63) is 35.5 Å². The van der Waals surface area contributed by atoms with Gasteiger partial charge < -0.3 is 9.47 Å². The Balaban J connectivity index is 0.00000196. The van der Waals surface area contributed by atoms with Crippen molar-refractivity contribution >= 4 is 33.3 Å². The highest BCUT2D eigenvalue weighted by Crippen LogP contribution is 2.43. The third-order valence-corrected chi connectivity index (χ3v) is 7.89. The Kier molecular flexibility index (Phi) is 5.16. The number of halogens is 1. The zero-order chi connectivity index (χ0) is 17.9. The van der Waals surface area contributed by atoms with Gasteiger partial charge in [-0.3, -0.25) is 0 Å². The number of likely N-dealkylation sites (N-methyl/N-ethyl adjacent to an activating group) is 1. The van der Waals surface area contributed by atoms with Crippen LogP contribution in [0, 0.1) is 0 Å². The first-order chi connectivity index (χ1) is 11.8. The molecule has 1 aliphatic heterocycles. The van der Waals surface area contributed by atoms with E-state index >= 15 is 0 Å². The number of piperidine rings is 1. The number of aryl methyl sites for hydroxylation is 1. The molecule has 1 aromatic carbocycles. The lowest BCUT2D eigenvalue weighted by Gasteiger charge is -2.45. The van der Waals surface area contributed by atoms with Gasteiger partial charge in [0.1, 0.15) is 0 Å². The summed E-state index contributed by atoms with van der Waals surface area (Å²) in [5, 5.41) is 0.984. The van der Waals surface area contributed by atoms with Gasteiger partial charge in [0.25, 0.3) is 0 Å². The number of nitrogens with zero attached hydrogens (tertiary/aromatic N) is 2. The highest BCUT2D eigenvalue weighted by Gasteiger charge is 2.40. The molecule has 0 saturated carbocycles. The van der Waals surface area contributed by atoms with E-state index in [4.69, 9.17) is 0 Å². The summed E-state index contributed by atoms with van der Waals surface area (Å²) in [6, 6.07) is 6.95. The second-order valence-electron chi connectivity index (χ2n) is 7.97. The van der Waals surface area contributed by atoms with Crippen LogP contribution in [0.1, 0.15) is 37.3 Å². The van der Waals surface area contributed by atoms with Crippen molar-refractivity contribution in [1.29, 1.82) is 0 Å². The SMILES string of the molecule is CC(C)S(=O)(=O)N[C@H]1C[C@@H]2c3cccc4c3c(cn4C)C[C@H]2N(C)C1.Cl. The Hall–Kier alpha value is -1.08. The van der Waals surface area contributed by atoms with Crippen LogP contribution in [0.15, 0.2) is 24.4 Å². The molecule has 0 unspecified atom stereocenters. The summed E-state index contributed by atoms with van der Waals surface area (Å²) >= 11 is 0. The van der Waals surface area contributed by atoms with E-state index in [0.717, 1.165) is 19.4 Å². The van der Waals surface area contributed by atoms with E-state index in [-0.39, 0.29) is 18.4 Å². The molecule has 3 atom stereocenters. The van der Waals surface area contributed by atoms with E-state index in [1.54, 1.807) is 13.8 Å². The van der Waals surface area contributed by atoms with Gasteiger partial charge in [-0.2, -0.15) is 0 Å². The molecule has 0 radical (unpaired) electrons. The number of fused-ring (bicyclic) bond motifs is 2. The number of hydrogen-bond acceptors (Lipinski definition) is 3. The summed E-state index contributed by atoms with van der Waals surface area (Å²) < 4.78 is 29.8. The Bertz CT molecular complexity index is 922. The van der Waals surface area contributed by atoms with Crippen LogP contribution in [-0.4, -0.2) is 48.8 Å². The van der Waals surface area contributed by atoms with Crippen molar-refractivity contribution in [2.24, 2.45) is 7.05 Å². The fourth-order valence-corrected chi connectivity index (χ4v) is 5.58. The van der Waals surface area contributed by atoms with Gasteiger partial charge >= 0.3 is 0 Å². The van der Waals surface area contributed by atoms with E-state index < -0.39 is 15.3 Å². The summed E-state index contributed by atoms with van der Waals surface area (Å²) in [6.45, 7) is 4.23. The van der Waals surface area contributed by atoms with E-state index in [2.05, 4.69) is 52.7 Å². The van der Waals surface area contributed by atoms with Crippen LogP contribution in [0.5, 0.6) is 0 Å². The van der Waals surface area contributed by atoms with Crippen LogP contribution in [0.3, 0.4) is 0 Å². The van der Waals surface area contributed by atoms with Crippen LogP contribution in [0.2, 0.25) is 0 Å². The molecule has 0 amide bonds. The molecule has 1 fully saturated rings. The van der Waals surface area contributed by atoms with Crippen LogP contribution >= 0.6 is 12.4 Å². The van der Waals surface area contributed by atoms with Gasteiger partial charge in [0.2, 0.25) is 10.0 Å². The van der Waals surface area contributed by atoms with E-state index in [0.29, 0.717) is 12.0 Å². The van der Waals surface area contributed by atoms with Crippen LogP contribution < -0.4 is 4.72 Å². The first kappa shape index (κ1) is 19.7. The maximum atomic E-state index is 12.3. The molecular weight excluding hydrogens is 370 g/mol. The van der Waals surface area contributed by atoms with Crippen LogP contribution in [0.4, 0.5) is 0 Å². The second-order valence-corrected chi connectivity index (χ2v) is 10.2. The van der Waals surface area contributed by atoms with Crippen LogP contribution in [-0.2, 0) is 23.5 Å². The zero-order valence-corrected chi connectivity index (χ0v) is 17.4. The molecule has 1 aliphatic carbocycles. The molecule has 1 aromatic heterocycles. The summed E-state index contributed by atoms with van der Waals surface area (Å²) in [6.07, 6.45) is 4.17. The first-order valence-electron chi connectivity index (χ1n) is 9.06. The van der Waals surface area contributed by atoms with Crippen molar-refractivity contribution < 1.29 is 8.42 Å². The molecule has 0 bridgehead atoms. The number of benzene rings is 1. The van der Waals surface area contributed by atoms with E-state index in [1.165, 1.54) is 22.0 Å². The first-order valence-corrected chi connectivity index (χ1v) is 10.6. The largest absolute Gasteiger partial charge is 0.350 e. The molecular formula is C19H28ClN3O2S. The van der Waals surface area contributed by atoms with Crippen molar-refractivity contribution in [1.82, 2.24) is 14.2 Å². The molecule has 5 nitrogen and oxygen atoms in total. The maximum Gasteiger partial charge on any atom is 0.214 e. The van der Waals surface area contributed by atoms with Gasteiger partial charge in [0.05, 0.1) is 5.25 Å². The predicted molar refractivity (Wildman–Crippen MR) is 109 cm³/mol. The number of likely N-dealkylation sites (tertiary alicyclic amines) is 1. The summed E-state index contributed by atoms with van der Waals surface area (Å²) in [5.74, 6) is 0.372. The highest BCUT2D eigenvalue weighted by atomic mass is 35.5. The summed E-state index contributed by atoms with van der Waals surface area (Å²) in [7, 11) is 0.983. The molecule has 2 aliphatic rings. The average molecular weight is 398 g/mol. The minimum atomic E-state index is -3.25. The van der Waals surface area contributed by atoms with Crippen molar-refractivity contribution in [3.8, 4) is 0 Å². The molecule has 2 aromatic rings. The summed E-state index contributed by atoms with van der Waals surface area (Å²) in [4.78, 5) is 2.34. The van der Waals surface area contributed by atoms with Crippen LogP contribution in [0.25, 0.3) is 10.9 Å². The van der Waals surface area contributed by atoms with Crippen molar-refractivity contribution in [2.75, 3.05) is 13.6 Å². The second kappa shape index (κ2) is 6.82. The minimum absolute atomic E-state index is 0. The van der Waals surface area contributed by atoms with E-state index in [1.807, 2.05) is 0 Å². The van der Waals surface area contributed by atoms with Gasteiger partial charge in [-0.05, 0) is 50.9 Å².